The normalized spacial score (nSPS) is 12.7. The van der Waals surface area contributed by atoms with Gasteiger partial charge >= 0.3 is 0 Å². The summed E-state index contributed by atoms with van der Waals surface area (Å²) in [7, 11) is 0. The Bertz CT molecular complexity index is 462. The first-order valence-corrected chi connectivity index (χ1v) is 4.73. The number of halogens is 1. The molecule has 0 saturated carbocycles. The fourth-order valence-electron chi connectivity index (χ4n) is 1.53. The van der Waals surface area contributed by atoms with Crippen LogP contribution in [0.1, 0.15) is 18.7 Å². The predicted molar refractivity (Wildman–Crippen MR) is 56.6 cm³/mol. The lowest BCUT2D eigenvalue weighted by atomic mass is 10.0. The quantitative estimate of drug-likeness (QED) is 0.789. The summed E-state index contributed by atoms with van der Waals surface area (Å²) in [6.45, 7) is 1.86. The minimum absolute atomic E-state index is 0.147. The van der Waals surface area contributed by atoms with Crippen LogP contribution >= 0.6 is 0 Å². The van der Waals surface area contributed by atoms with Crippen molar-refractivity contribution in [2.24, 2.45) is 5.73 Å². The SMILES string of the molecule is CC(N)c1[nH]ncc1-c1cccc(F)c1. The molecule has 3 nitrogen and oxygen atoms in total. The van der Waals surface area contributed by atoms with Gasteiger partial charge in [0.1, 0.15) is 5.82 Å². The molecule has 78 valence electrons. The second-order valence-electron chi connectivity index (χ2n) is 3.50. The van der Waals surface area contributed by atoms with Gasteiger partial charge in [-0.05, 0) is 24.6 Å². The van der Waals surface area contributed by atoms with E-state index in [4.69, 9.17) is 5.73 Å². The lowest BCUT2D eigenvalue weighted by molar-refractivity contribution is 0.628. The molecule has 0 saturated heterocycles. The summed E-state index contributed by atoms with van der Waals surface area (Å²) in [6.07, 6.45) is 1.66. The van der Waals surface area contributed by atoms with E-state index in [1.54, 1.807) is 12.3 Å². The van der Waals surface area contributed by atoms with Crippen LogP contribution in [0.3, 0.4) is 0 Å². The van der Waals surface area contributed by atoms with Gasteiger partial charge in [0.25, 0.3) is 0 Å². The Balaban J connectivity index is 2.49. The second kappa shape index (κ2) is 3.82. The van der Waals surface area contributed by atoms with Crippen molar-refractivity contribution in [2.75, 3.05) is 0 Å². The van der Waals surface area contributed by atoms with Crippen molar-refractivity contribution < 1.29 is 4.39 Å². The first-order chi connectivity index (χ1) is 7.18. The zero-order chi connectivity index (χ0) is 10.8. The Labute approximate surface area is 87.1 Å². The van der Waals surface area contributed by atoms with E-state index in [2.05, 4.69) is 10.2 Å². The lowest BCUT2D eigenvalue weighted by Gasteiger charge is -2.06. The van der Waals surface area contributed by atoms with Crippen LogP contribution in [0.25, 0.3) is 11.1 Å². The number of hydrogen-bond acceptors (Lipinski definition) is 2. The highest BCUT2D eigenvalue weighted by Crippen LogP contribution is 2.25. The van der Waals surface area contributed by atoms with Gasteiger partial charge in [-0.2, -0.15) is 5.10 Å². The predicted octanol–water partition coefficient (Wildman–Crippen LogP) is 2.24. The molecule has 1 atom stereocenters. The van der Waals surface area contributed by atoms with Crippen LogP contribution in [0.5, 0.6) is 0 Å². The molecule has 1 heterocycles. The average molecular weight is 205 g/mol. The molecule has 0 fully saturated rings. The number of aromatic amines is 1. The first-order valence-electron chi connectivity index (χ1n) is 4.73. The Morgan fingerprint density at radius 3 is 2.93 bits per heavy atom. The van der Waals surface area contributed by atoms with E-state index in [0.717, 1.165) is 16.8 Å². The number of H-pyrrole nitrogens is 1. The van der Waals surface area contributed by atoms with Gasteiger partial charge in [0.05, 0.1) is 11.9 Å². The third kappa shape index (κ3) is 1.89. The van der Waals surface area contributed by atoms with Gasteiger partial charge in [0.15, 0.2) is 0 Å². The van der Waals surface area contributed by atoms with Gasteiger partial charge < -0.3 is 5.73 Å². The molecule has 3 N–H and O–H groups in total. The molecule has 1 unspecified atom stereocenters. The molecule has 0 aliphatic rings. The molecular weight excluding hydrogens is 193 g/mol. The van der Waals surface area contributed by atoms with Crippen molar-refractivity contribution in [3.63, 3.8) is 0 Å². The van der Waals surface area contributed by atoms with Gasteiger partial charge in [0.2, 0.25) is 0 Å². The highest BCUT2D eigenvalue weighted by atomic mass is 19.1. The molecule has 2 aromatic rings. The fraction of sp³-hybridized carbons (Fsp3) is 0.182. The number of benzene rings is 1. The molecule has 0 bridgehead atoms. The van der Waals surface area contributed by atoms with E-state index in [9.17, 15) is 4.39 Å². The molecule has 0 spiro atoms. The van der Waals surface area contributed by atoms with Gasteiger partial charge in [0, 0.05) is 11.6 Å². The Hall–Kier alpha value is -1.68. The highest BCUT2D eigenvalue weighted by molar-refractivity contribution is 5.65. The monoisotopic (exact) mass is 205 g/mol. The lowest BCUT2D eigenvalue weighted by Crippen LogP contribution is -2.06. The van der Waals surface area contributed by atoms with Crippen LogP contribution in [0.15, 0.2) is 30.5 Å². The molecule has 15 heavy (non-hydrogen) atoms. The smallest absolute Gasteiger partial charge is 0.123 e. The molecular formula is C11H12FN3. The number of aromatic nitrogens is 2. The molecule has 1 aromatic heterocycles. The van der Waals surface area contributed by atoms with Crippen LogP contribution in [0.4, 0.5) is 4.39 Å². The molecule has 0 radical (unpaired) electrons. The van der Waals surface area contributed by atoms with E-state index in [1.165, 1.54) is 12.1 Å². The van der Waals surface area contributed by atoms with Crippen LogP contribution in [-0.2, 0) is 0 Å². The maximum absolute atomic E-state index is 13.0. The minimum Gasteiger partial charge on any atom is -0.323 e. The maximum atomic E-state index is 13.0. The zero-order valence-electron chi connectivity index (χ0n) is 8.37. The summed E-state index contributed by atoms with van der Waals surface area (Å²) in [5.41, 5.74) is 8.23. The van der Waals surface area contributed by atoms with Crippen molar-refractivity contribution >= 4 is 0 Å². The number of hydrogen-bond donors (Lipinski definition) is 2. The van der Waals surface area contributed by atoms with Gasteiger partial charge in [-0.1, -0.05) is 12.1 Å². The van der Waals surface area contributed by atoms with Crippen molar-refractivity contribution in [1.29, 1.82) is 0 Å². The number of rotatable bonds is 2. The number of nitrogens with one attached hydrogen (secondary N) is 1. The summed E-state index contributed by atoms with van der Waals surface area (Å²) >= 11 is 0. The summed E-state index contributed by atoms with van der Waals surface area (Å²) in [4.78, 5) is 0. The van der Waals surface area contributed by atoms with E-state index >= 15 is 0 Å². The van der Waals surface area contributed by atoms with Gasteiger partial charge in [-0.25, -0.2) is 4.39 Å². The second-order valence-corrected chi connectivity index (χ2v) is 3.50. The average Bonchev–Trinajstić information content (AvgIpc) is 2.65. The number of nitrogens with zero attached hydrogens (tertiary/aromatic N) is 1. The van der Waals surface area contributed by atoms with Crippen LogP contribution in [0.2, 0.25) is 0 Å². The molecule has 0 amide bonds. The first kappa shape index (κ1) is 9.86. The van der Waals surface area contributed by atoms with E-state index < -0.39 is 0 Å². The Morgan fingerprint density at radius 1 is 1.47 bits per heavy atom. The van der Waals surface area contributed by atoms with Crippen LogP contribution < -0.4 is 5.73 Å². The Kier molecular flexibility index (Phi) is 2.51. The minimum atomic E-state index is -0.260. The van der Waals surface area contributed by atoms with Gasteiger partial charge in [-0.3, -0.25) is 5.10 Å². The zero-order valence-corrected chi connectivity index (χ0v) is 8.37. The van der Waals surface area contributed by atoms with Crippen LogP contribution in [-0.4, -0.2) is 10.2 Å². The Morgan fingerprint density at radius 2 is 2.27 bits per heavy atom. The molecule has 1 aromatic carbocycles. The molecule has 2 rings (SSSR count). The standard InChI is InChI=1S/C11H12FN3/c1-7(13)11-10(6-14-15-11)8-3-2-4-9(12)5-8/h2-7H,13H2,1H3,(H,14,15). The van der Waals surface area contributed by atoms with Crippen molar-refractivity contribution in [3.8, 4) is 11.1 Å². The summed E-state index contributed by atoms with van der Waals surface area (Å²) < 4.78 is 13.0. The highest BCUT2D eigenvalue weighted by Gasteiger charge is 2.11. The maximum Gasteiger partial charge on any atom is 0.123 e. The third-order valence-corrected chi connectivity index (χ3v) is 2.26. The van der Waals surface area contributed by atoms with Crippen molar-refractivity contribution in [3.05, 3.63) is 42.0 Å². The van der Waals surface area contributed by atoms with E-state index in [0.29, 0.717) is 0 Å². The number of nitrogens with two attached hydrogens (primary N) is 1. The van der Waals surface area contributed by atoms with Crippen molar-refractivity contribution in [2.45, 2.75) is 13.0 Å². The third-order valence-electron chi connectivity index (χ3n) is 2.26. The van der Waals surface area contributed by atoms with Crippen molar-refractivity contribution in [1.82, 2.24) is 10.2 Å². The van der Waals surface area contributed by atoms with E-state index in [1.807, 2.05) is 13.0 Å². The topological polar surface area (TPSA) is 54.7 Å². The molecule has 0 aliphatic heterocycles. The van der Waals surface area contributed by atoms with Gasteiger partial charge in [-0.15, -0.1) is 0 Å². The summed E-state index contributed by atoms with van der Waals surface area (Å²) in [5.74, 6) is -0.260. The fourth-order valence-corrected chi connectivity index (χ4v) is 1.53. The molecule has 0 aliphatic carbocycles. The largest absolute Gasteiger partial charge is 0.323 e. The molecule has 4 heteroatoms. The summed E-state index contributed by atoms with van der Waals surface area (Å²) in [5, 5.41) is 6.75. The van der Waals surface area contributed by atoms with E-state index in [-0.39, 0.29) is 11.9 Å². The summed E-state index contributed by atoms with van der Waals surface area (Å²) in [6, 6.07) is 6.24. The van der Waals surface area contributed by atoms with Crippen LogP contribution in [0, 0.1) is 5.82 Å².